The van der Waals surface area contributed by atoms with Gasteiger partial charge in [-0.15, -0.1) is 0 Å². The number of unbranched alkanes of at least 4 members (excludes halogenated alkanes) is 2. The van der Waals surface area contributed by atoms with Crippen LogP contribution in [0.2, 0.25) is 0 Å². The number of hydrogen-bond acceptors (Lipinski definition) is 3. The highest BCUT2D eigenvalue weighted by Gasteiger charge is 2.08. The van der Waals surface area contributed by atoms with Crippen molar-refractivity contribution in [2.24, 2.45) is 0 Å². The number of phenolic OH excluding ortho intramolecular Hbond substituents is 1. The topological polar surface area (TPSA) is 86.6 Å². The molecule has 98 valence electrons. The van der Waals surface area contributed by atoms with Crippen LogP contribution in [-0.4, -0.2) is 28.6 Å². The Morgan fingerprint density at radius 3 is 2.50 bits per heavy atom. The molecule has 1 amide bonds. The molecule has 0 fully saturated rings. The molecule has 1 aromatic carbocycles. The normalized spacial score (nSPS) is 10.0. The SMILES string of the molecule is O=C(O)CCCCCNC(=O)c1ccccc1O. The fourth-order valence-electron chi connectivity index (χ4n) is 1.54. The number of nitrogens with one attached hydrogen (secondary N) is 1. The predicted molar refractivity (Wildman–Crippen MR) is 66.5 cm³/mol. The van der Waals surface area contributed by atoms with Crippen molar-refractivity contribution in [3.8, 4) is 5.75 Å². The van der Waals surface area contributed by atoms with Crippen LogP contribution >= 0.6 is 0 Å². The number of carbonyl (C=O) groups is 2. The second-order valence-corrected chi connectivity index (χ2v) is 3.98. The monoisotopic (exact) mass is 251 g/mol. The lowest BCUT2D eigenvalue weighted by molar-refractivity contribution is -0.137. The summed E-state index contributed by atoms with van der Waals surface area (Å²) in [7, 11) is 0. The van der Waals surface area contributed by atoms with Gasteiger partial charge in [-0.3, -0.25) is 9.59 Å². The Kier molecular flexibility index (Phi) is 5.70. The van der Waals surface area contributed by atoms with E-state index in [0.717, 1.165) is 12.8 Å². The zero-order chi connectivity index (χ0) is 13.4. The molecular weight excluding hydrogens is 234 g/mol. The van der Waals surface area contributed by atoms with Crippen LogP contribution in [0.4, 0.5) is 0 Å². The van der Waals surface area contributed by atoms with E-state index in [9.17, 15) is 14.7 Å². The molecule has 0 saturated carbocycles. The first kappa shape index (κ1) is 14.0. The molecule has 18 heavy (non-hydrogen) atoms. The number of carbonyl (C=O) groups excluding carboxylic acids is 1. The van der Waals surface area contributed by atoms with E-state index in [1.165, 1.54) is 6.07 Å². The number of carboxylic acid groups (broad SMARTS) is 1. The van der Waals surface area contributed by atoms with Crippen LogP contribution in [0.15, 0.2) is 24.3 Å². The van der Waals surface area contributed by atoms with Gasteiger partial charge in [0.05, 0.1) is 5.56 Å². The number of carboxylic acids is 1. The smallest absolute Gasteiger partial charge is 0.303 e. The summed E-state index contributed by atoms with van der Waals surface area (Å²) in [6, 6.07) is 6.34. The van der Waals surface area contributed by atoms with Crippen LogP contribution < -0.4 is 5.32 Å². The van der Waals surface area contributed by atoms with Crippen molar-refractivity contribution in [3.63, 3.8) is 0 Å². The highest BCUT2D eigenvalue weighted by molar-refractivity contribution is 5.96. The van der Waals surface area contributed by atoms with Gasteiger partial charge in [0.25, 0.3) is 5.91 Å². The van der Waals surface area contributed by atoms with Crippen LogP contribution in [-0.2, 0) is 4.79 Å². The molecule has 0 bridgehead atoms. The number of hydrogen-bond donors (Lipinski definition) is 3. The number of rotatable bonds is 7. The van der Waals surface area contributed by atoms with Crippen molar-refractivity contribution in [2.45, 2.75) is 25.7 Å². The molecule has 1 rings (SSSR count). The quantitative estimate of drug-likeness (QED) is 0.644. The Balaban J connectivity index is 2.22. The standard InChI is InChI=1S/C13H17NO4/c15-11-7-4-3-6-10(11)13(18)14-9-5-1-2-8-12(16)17/h3-4,6-7,15H,1-2,5,8-9H2,(H,14,18)(H,16,17). The molecule has 0 unspecified atom stereocenters. The number of para-hydroxylation sites is 1. The number of phenols is 1. The molecular formula is C13H17NO4. The number of benzene rings is 1. The summed E-state index contributed by atoms with van der Waals surface area (Å²) in [4.78, 5) is 21.9. The highest BCUT2D eigenvalue weighted by atomic mass is 16.4. The maximum absolute atomic E-state index is 11.6. The van der Waals surface area contributed by atoms with Crippen LogP contribution in [0.1, 0.15) is 36.0 Å². The fourth-order valence-corrected chi connectivity index (χ4v) is 1.54. The van der Waals surface area contributed by atoms with Gasteiger partial charge in [0.1, 0.15) is 5.75 Å². The lowest BCUT2D eigenvalue weighted by atomic mass is 10.1. The number of aliphatic carboxylic acids is 1. The van der Waals surface area contributed by atoms with Gasteiger partial charge < -0.3 is 15.5 Å². The van der Waals surface area contributed by atoms with Crippen LogP contribution in [0.5, 0.6) is 5.75 Å². The maximum Gasteiger partial charge on any atom is 0.303 e. The molecule has 0 radical (unpaired) electrons. The van der Waals surface area contributed by atoms with Gasteiger partial charge in [-0.2, -0.15) is 0 Å². The summed E-state index contributed by atoms with van der Waals surface area (Å²) in [5.41, 5.74) is 0.253. The molecule has 5 heteroatoms. The van der Waals surface area contributed by atoms with Gasteiger partial charge in [0.2, 0.25) is 0 Å². The lowest BCUT2D eigenvalue weighted by Gasteiger charge is -2.06. The minimum atomic E-state index is -0.798. The molecule has 0 heterocycles. The van der Waals surface area contributed by atoms with Crippen molar-refractivity contribution < 1.29 is 19.8 Å². The van der Waals surface area contributed by atoms with E-state index < -0.39 is 5.97 Å². The van der Waals surface area contributed by atoms with Gasteiger partial charge in [-0.25, -0.2) is 0 Å². The molecule has 0 spiro atoms. The molecule has 5 nitrogen and oxygen atoms in total. The Bertz CT molecular complexity index is 417. The first-order valence-corrected chi connectivity index (χ1v) is 5.89. The predicted octanol–water partition coefficient (Wildman–Crippen LogP) is 1.77. The molecule has 0 aliphatic heterocycles. The van der Waals surface area contributed by atoms with Gasteiger partial charge in [-0.1, -0.05) is 18.6 Å². The molecule has 1 aromatic rings. The number of amides is 1. The number of aromatic hydroxyl groups is 1. The summed E-state index contributed by atoms with van der Waals surface area (Å²) < 4.78 is 0. The molecule has 0 aromatic heterocycles. The fraction of sp³-hybridized carbons (Fsp3) is 0.385. The average Bonchev–Trinajstić information content (AvgIpc) is 2.33. The van der Waals surface area contributed by atoms with Gasteiger partial charge in [-0.05, 0) is 25.0 Å². The largest absolute Gasteiger partial charge is 0.507 e. The third-order valence-electron chi connectivity index (χ3n) is 2.50. The van der Waals surface area contributed by atoms with Gasteiger partial charge in [0, 0.05) is 13.0 Å². The summed E-state index contributed by atoms with van der Waals surface area (Å²) >= 11 is 0. The minimum Gasteiger partial charge on any atom is -0.507 e. The van der Waals surface area contributed by atoms with E-state index in [1.807, 2.05) is 0 Å². The zero-order valence-electron chi connectivity index (χ0n) is 10.1. The van der Waals surface area contributed by atoms with E-state index in [-0.39, 0.29) is 23.6 Å². The Morgan fingerprint density at radius 1 is 1.11 bits per heavy atom. The van der Waals surface area contributed by atoms with E-state index in [0.29, 0.717) is 13.0 Å². The Morgan fingerprint density at radius 2 is 1.83 bits per heavy atom. The molecule has 0 aliphatic carbocycles. The van der Waals surface area contributed by atoms with E-state index in [1.54, 1.807) is 18.2 Å². The van der Waals surface area contributed by atoms with Crippen molar-refractivity contribution in [3.05, 3.63) is 29.8 Å². The summed E-state index contributed by atoms with van der Waals surface area (Å²) in [6.07, 6.45) is 2.26. The van der Waals surface area contributed by atoms with Crippen molar-refractivity contribution in [1.29, 1.82) is 0 Å². The first-order chi connectivity index (χ1) is 8.61. The average molecular weight is 251 g/mol. The Labute approximate surface area is 105 Å². The van der Waals surface area contributed by atoms with Crippen LogP contribution in [0.3, 0.4) is 0 Å². The highest BCUT2D eigenvalue weighted by Crippen LogP contribution is 2.14. The maximum atomic E-state index is 11.6. The van der Waals surface area contributed by atoms with E-state index in [4.69, 9.17) is 5.11 Å². The molecule has 0 atom stereocenters. The van der Waals surface area contributed by atoms with E-state index >= 15 is 0 Å². The van der Waals surface area contributed by atoms with Gasteiger partial charge >= 0.3 is 5.97 Å². The third kappa shape index (κ3) is 4.86. The van der Waals surface area contributed by atoms with Crippen LogP contribution in [0, 0.1) is 0 Å². The van der Waals surface area contributed by atoms with Crippen molar-refractivity contribution in [2.75, 3.05) is 6.54 Å². The summed E-state index contributed by atoms with van der Waals surface area (Å²) in [5.74, 6) is -1.15. The third-order valence-corrected chi connectivity index (χ3v) is 2.50. The van der Waals surface area contributed by atoms with Gasteiger partial charge in [0.15, 0.2) is 0 Å². The second kappa shape index (κ2) is 7.32. The molecule has 0 aliphatic rings. The zero-order valence-corrected chi connectivity index (χ0v) is 10.1. The van der Waals surface area contributed by atoms with Crippen molar-refractivity contribution >= 4 is 11.9 Å². The molecule has 3 N–H and O–H groups in total. The summed E-state index contributed by atoms with van der Waals surface area (Å²) in [6.45, 7) is 0.479. The second-order valence-electron chi connectivity index (χ2n) is 3.98. The summed E-state index contributed by atoms with van der Waals surface area (Å²) in [5, 5.41) is 20.6. The molecule has 0 saturated heterocycles. The Hall–Kier alpha value is -2.04. The minimum absolute atomic E-state index is 0.0409. The lowest BCUT2D eigenvalue weighted by Crippen LogP contribution is -2.24. The van der Waals surface area contributed by atoms with Crippen LogP contribution in [0.25, 0.3) is 0 Å². The van der Waals surface area contributed by atoms with Crippen molar-refractivity contribution in [1.82, 2.24) is 5.32 Å². The van der Waals surface area contributed by atoms with E-state index in [2.05, 4.69) is 5.32 Å². The first-order valence-electron chi connectivity index (χ1n) is 5.89.